The van der Waals surface area contributed by atoms with E-state index in [-0.39, 0.29) is 11.6 Å². The molecule has 124 valence electrons. The Bertz CT molecular complexity index is 567. The van der Waals surface area contributed by atoms with Gasteiger partial charge in [-0.15, -0.1) is 0 Å². The van der Waals surface area contributed by atoms with Gasteiger partial charge in [0.15, 0.2) is 5.78 Å². The number of Topliss-reactive ketones (excluding diaryl/α,β-unsaturated/α-hetero) is 1. The molecule has 0 spiro atoms. The van der Waals surface area contributed by atoms with E-state index in [0.717, 1.165) is 32.6 Å². The first-order valence-electron chi connectivity index (χ1n) is 8.67. The second-order valence-corrected chi connectivity index (χ2v) is 6.49. The number of halogens is 1. The van der Waals surface area contributed by atoms with E-state index in [1.54, 1.807) is 12.1 Å². The highest BCUT2D eigenvalue weighted by molar-refractivity contribution is 5.95. The molecular formula is C19H25FN2O. The first-order chi connectivity index (χ1) is 11.2. The molecule has 0 saturated carbocycles. The van der Waals surface area contributed by atoms with Gasteiger partial charge < -0.3 is 4.90 Å². The molecule has 0 amide bonds. The van der Waals surface area contributed by atoms with Gasteiger partial charge in [-0.05, 0) is 56.5 Å². The minimum absolute atomic E-state index is 0.109. The van der Waals surface area contributed by atoms with Gasteiger partial charge in [0.05, 0.1) is 0 Å². The quantitative estimate of drug-likeness (QED) is 0.777. The van der Waals surface area contributed by atoms with Crippen LogP contribution in [-0.4, -0.2) is 48.3 Å². The van der Waals surface area contributed by atoms with Crippen LogP contribution in [0.5, 0.6) is 0 Å². The summed E-state index contributed by atoms with van der Waals surface area (Å²) in [6.07, 6.45) is 7.58. The Morgan fingerprint density at radius 1 is 1.09 bits per heavy atom. The zero-order valence-corrected chi connectivity index (χ0v) is 13.6. The lowest BCUT2D eigenvalue weighted by Gasteiger charge is -2.37. The second-order valence-electron chi connectivity index (χ2n) is 6.49. The molecule has 0 aliphatic carbocycles. The lowest BCUT2D eigenvalue weighted by Crippen LogP contribution is -2.44. The summed E-state index contributed by atoms with van der Waals surface area (Å²) in [6.45, 7) is 5.37. The highest BCUT2D eigenvalue weighted by Crippen LogP contribution is 2.19. The molecular weight excluding hydrogens is 291 g/mol. The molecule has 2 aliphatic rings. The molecule has 1 aromatic rings. The number of fused-ring (bicyclic) bond motifs is 1. The number of piperazine rings is 1. The molecule has 4 heteroatoms. The summed E-state index contributed by atoms with van der Waals surface area (Å²) in [5.74, 6) is -0.187. The van der Waals surface area contributed by atoms with Crippen molar-refractivity contribution in [3.05, 3.63) is 47.4 Å². The van der Waals surface area contributed by atoms with Crippen molar-refractivity contribution in [1.29, 1.82) is 0 Å². The van der Waals surface area contributed by atoms with Crippen molar-refractivity contribution in [3.8, 4) is 0 Å². The Labute approximate surface area is 137 Å². The molecule has 2 heterocycles. The predicted octanol–water partition coefficient (Wildman–Crippen LogP) is 3.47. The van der Waals surface area contributed by atoms with E-state index in [1.165, 1.54) is 43.6 Å². The van der Waals surface area contributed by atoms with Gasteiger partial charge in [0, 0.05) is 43.9 Å². The van der Waals surface area contributed by atoms with Crippen LogP contribution >= 0.6 is 0 Å². The summed E-state index contributed by atoms with van der Waals surface area (Å²) in [6, 6.07) is 5.86. The van der Waals surface area contributed by atoms with Crippen LogP contribution in [0, 0.1) is 5.82 Å². The normalized spacial score (nSPS) is 19.0. The van der Waals surface area contributed by atoms with Gasteiger partial charge in [-0.1, -0.05) is 6.08 Å². The molecule has 0 bridgehead atoms. The van der Waals surface area contributed by atoms with Crippen molar-refractivity contribution in [2.45, 2.75) is 32.1 Å². The molecule has 2 aliphatic heterocycles. The van der Waals surface area contributed by atoms with Crippen LogP contribution < -0.4 is 0 Å². The number of nitrogens with zero attached hydrogens (tertiary/aromatic N) is 2. The standard InChI is InChI=1S/C19H25FN2O/c20-17-9-7-16(8-10-17)19(23)6-4-11-21-13-14-22-12-3-1-2-5-18(22)15-21/h5,7-10H,1-4,6,11-15H2. The van der Waals surface area contributed by atoms with Crippen LogP contribution in [-0.2, 0) is 0 Å². The minimum Gasteiger partial charge on any atom is -0.373 e. The van der Waals surface area contributed by atoms with Gasteiger partial charge in [-0.2, -0.15) is 0 Å². The third-order valence-corrected chi connectivity index (χ3v) is 4.78. The minimum atomic E-state index is -0.295. The highest BCUT2D eigenvalue weighted by Gasteiger charge is 2.21. The Kier molecular flexibility index (Phi) is 5.44. The monoisotopic (exact) mass is 316 g/mol. The third kappa shape index (κ3) is 4.41. The SMILES string of the molecule is O=C(CCCN1CCN2CCCCC=C2C1)c1ccc(F)cc1. The first-order valence-corrected chi connectivity index (χ1v) is 8.67. The number of hydrogen-bond donors (Lipinski definition) is 0. The number of ketones is 1. The van der Waals surface area contributed by atoms with E-state index < -0.39 is 0 Å². The van der Waals surface area contributed by atoms with Crippen LogP contribution in [0.1, 0.15) is 42.5 Å². The van der Waals surface area contributed by atoms with Gasteiger partial charge in [0.2, 0.25) is 0 Å². The van der Waals surface area contributed by atoms with Crippen LogP contribution in [0.2, 0.25) is 0 Å². The molecule has 1 saturated heterocycles. The molecule has 3 nitrogen and oxygen atoms in total. The molecule has 1 aromatic carbocycles. The average molecular weight is 316 g/mol. The summed E-state index contributed by atoms with van der Waals surface area (Å²) < 4.78 is 12.9. The number of hydrogen-bond acceptors (Lipinski definition) is 3. The Morgan fingerprint density at radius 2 is 1.91 bits per heavy atom. The fourth-order valence-electron chi connectivity index (χ4n) is 3.41. The lowest BCUT2D eigenvalue weighted by atomic mass is 10.1. The molecule has 0 aromatic heterocycles. The van der Waals surface area contributed by atoms with Crippen molar-refractivity contribution < 1.29 is 9.18 Å². The molecule has 1 fully saturated rings. The van der Waals surface area contributed by atoms with Gasteiger partial charge in [0.25, 0.3) is 0 Å². The second kappa shape index (κ2) is 7.73. The smallest absolute Gasteiger partial charge is 0.162 e. The summed E-state index contributed by atoms with van der Waals surface area (Å²) in [7, 11) is 0. The maximum atomic E-state index is 12.9. The van der Waals surface area contributed by atoms with Crippen LogP contribution in [0.15, 0.2) is 36.0 Å². The molecule has 0 unspecified atom stereocenters. The molecule has 0 radical (unpaired) electrons. The molecule has 23 heavy (non-hydrogen) atoms. The van der Waals surface area contributed by atoms with E-state index in [2.05, 4.69) is 15.9 Å². The summed E-state index contributed by atoms with van der Waals surface area (Å²) in [5, 5.41) is 0. The van der Waals surface area contributed by atoms with Crippen LogP contribution in [0.4, 0.5) is 4.39 Å². The van der Waals surface area contributed by atoms with Gasteiger partial charge >= 0.3 is 0 Å². The third-order valence-electron chi connectivity index (χ3n) is 4.78. The number of allylic oxidation sites excluding steroid dienone is 1. The lowest BCUT2D eigenvalue weighted by molar-refractivity contribution is 0.0971. The van der Waals surface area contributed by atoms with Gasteiger partial charge in [0.1, 0.15) is 5.82 Å². The molecule has 3 rings (SSSR count). The summed E-state index contributed by atoms with van der Waals surface area (Å²) in [4.78, 5) is 17.1. The Hall–Kier alpha value is -1.68. The van der Waals surface area contributed by atoms with E-state index in [1.807, 2.05) is 0 Å². The van der Waals surface area contributed by atoms with Crippen LogP contribution in [0.25, 0.3) is 0 Å². The number of benzene rings is 1. The van der Waals surface area contributed by atoms with Gasteiger partial charge in [-0.25, -0.2) is 4.39 Å². The summed E-state index contributed by atoms with van der Waals surface area (Å²) >= 11 is 0. The predicted molar refractivity (Wildman–Crippen MR) is 89.9 cm³/mol. The fourth-order valence-corrected chi connectivity index (χ4v) is 3.41. The Balaban J connectivity index is 1.44. The average Bonchev–Trinajstić information content (AvgIpc) is 2.80. The zero-order valence-electron chi connectivity index (χ0n) is 13.6. The van der Waals surface area contributed by atoms with E-state index in [4.69, 9.17) is 0 Å². The largest absolute Gasteiger partial charge is 0.373 e. The number of rotatable bonds is 5. The van der Waals surface area contributed by atoms with Crippen molar-refractivity contribution in [3.63, 3.8) is 0 Å². The van der Waals surface area contributed by atoms with Crippen molar-refractivity contribution in [2.24, 2.45) is 0 Å². The maximum absolute atomic E-state index is 12.9. The van der Waals surface area contributed by atoms with Gasteiger partial charge in [-0.3, -0.25) is 9.69 Å². The summed E-state index contributed by atoms with van der Waals surface area (Å²) in [5.41, 5.74) is 2.08. The topological polar surface area (TPSA) is 23.6 Å². The number of carbonyl (C=O) groups excluding carboxylic acids is 1. The van der Waals surface area contributed by atoms with Crippen molar-refractivity contribution >= 4 is 5.78 Å². The van der Waals surface area contributed by atoms with Crippen LogP contribution in [0.3, 0.4) is 0 Å². The molecule has 0 N–H and O–H groups in total. The number of carbonyl (C=O) groups is 1. The van der Waals surface area contributed by atoms with E-state index >= 15 is 0 Å². The first kappa shape index (κ1) is 16.2. The van der Waals surface area contributed by atoms with E-state index in [9.17, 15) is 9.18 Å². The molecule has 0 atom stereocenters. The van der Waals surface area contributed by atoms with Crippen molar-refractivity contribution in [2.75, 3.05) is 32.7 Å². The fraction of sp³-hybridized carbons (Fsp3) is 0.526. The maximum Gasteiger partial charge on any atom is 0.162 e. The van der Waals surface area contributed by atoms with Crippen molar-refractivity contribution in [1.82, 2.24) is 9.80 Å². The Morgan fingerprint density at radius 3 is 2.74 bits per heavy atom. The zero-order chi connectivity index (χ0) is 16.1. The highest BCUT2D eigenvalue weighted by atomic mass is 19.1. The van der Waals surface area contributed by atoms with E-state index in [0.29, 0.717) is 12.0 Å².